The molecule has 1 fully saturated rings. The lowest BCUT2D eigenvalue weighted by molar-refractivity contribution is -0.151. The molecule has 1 saturated carbocycles. The molecule has 0 aromatic heterocycles. The molecule has 0 spiro atoms. The highest BCUT2D eigenvalue weighted by molar-refractivity contribution is 5.86. The number of amides is 1. The van der Waals surface area contributed by atoms with Gasteiger partial charge in [-0.25, -0.2) is 5.48 Å². The van der Waals surface area contributed by atoms with E-state index in [1.54, 1.807) is 6.92 Å². The fourth-order valence-electron chi connectivity index (χ4n) is 2.73. The molecule has 16 heavy (non-hydrogen) atoms. The molecular formula is C11H15NO4. The van der Waals surface area contributed by atoms with Crippen LogP contribution in [0.3, 0.4) is 0 Å². The van der Waals surface area contributed by atoms with Crippen LogP contribution in [0.4, 0.5) is 0 Å². The third-order valence-corrected chi connectivity index (χ3v) is 3.36. The molecular weight excluding hydrogens is 210 g/mol. The normalized spacial score (nSPS) is 35.3. The van der Waals surface area contributed by atoms with Crippen LogP contribution in [-0.4, -0.2) is 23.6 Å². The number of aliphatic carboxylic acids is 1. The Morgan fingerprint density at radius 3 is 2.56 bits per heavy atom. The van der Waals surface area contributed by atoms with Crippen LogP contribution >= 0.6 is 0 Å². The molecule has 2 aliphatic carbocycles. The van der Waals surface area contributed by atoms with Gasteiger partial charge in [0.2, 0.25) is 5.91 Å². The van der Waals surface area contributed by atoms with Crippen LogP contribution < -0.4 is 5.48 Å². The lowest BCUT2D eigenvalue weighted by Gasteiger charge is -2.23. The number of nitrogens with one attached hydrogen (secondary N) is 1. The van der Waals surface area contributed by atoms with Crippen molar-refractivity contribution in [2.45, 2.75) is 13.3 Å². The molecule has 5 heteroatoms. The third kappa shape index (κ3) is 1.71. The highest BCUT2D eigenvalue weighted by Crippen LogP contribution is 2.48. The number of carbonyl (C=O) groups is 2. The minimum atomic E-state index is -0.895. The number of hydroxylamine groups is 1. The maximum Gasteiger partial charge on any atom is 0.307 e. The van der Waals surface area contributed by atoms with Crippen LogP contribution in [0, 0.1) is 23.7 Å². The summed E-state index contributed by atoms with van der Waals surface area (Å²) in [5, 5.41) is 9.13. The number of carboxylic acid groups (broad SMARTS) is 1. The zero-order chi connectivity index (χ0) is 11.7. The molecule has 2 aliphatic rings. The zero-order valence-corrected chi connectivity index (χ0v) is 9.05. The first-order chi connectivity index (χ1) is 7.65. The van der Waals surface area contributed by atoms with Crippen LogP contribution in [0.1, 0.15) is 13.3 Å². The van der Waals surface area contributed by atoms with Gasteiger partial charge in [-0.15, -0.1) is 0 Å². The Labute approximate surface area is 93.4 Å². The van der Waals surface area contributed by atoms with Crippen molar-refractivity contribution in [2.24, 2.45) is 23.7 Å². The number of allylic oxidation sites excluding steroid dienone is 2. The molecule has 88 valence electrons. The minimum Gasteiger partial charge on any atom is -0.481 e. The summed E-state index contributed by atoms with van der Waals surface area (Å²) in [4.78, 5) is 27.7. The third-order valence-electron chi connectivity index (χ3n) is 3.36. The second-order valence-electron chi connectivity index (χ2n) is 4.24. The molecule has 0 radical (unpaired) electrons. The molecule has 0 heterocycles. The fraction of sp³-hybridized carbons (Fsp3) is 0.636. The van der Waals surface area contributed by atoms with Gasteiger partial charge in [0.25, 0.3) is 0 Å². The maximum atomic E-state index is 11.8. The second-order valence-corrected chi connectivity index (χ2v) is 4.24. The number of rotatable bonds is 4. The summed E-state index contributed by atoms with van der Waals surface area (Å²) in [6, 6.07) is 0. The summed E-state index contributed by atoms with van der Waals surface area (Å²) in [7, 11) is 0. The highest BCUT2D eigenvalue weighted by Gasteiger charge is 2.51. The fourth-order valence-corrected chi connectivity index (χ4v) is 2.73. The predicted octanol–water partition coefficient (Wildman–Crippen LogP) is 0.577. The number of carboxylic acids is 1. The zero-order valence-electron chi connectivity index (χ0n) is 9.05. The van der Waals surface area contributed by atoms with Crippen molar-refractivity contribution in [1.82, 2.24) is 5.48 Å². The molecule has 0 aromatic rings. The first kappa shape index (κ1) is 11.1. The summed E-state index contributed by atoms with van der Waals surface area (Å²) >= 11 is 0. The van der Waals surface area contributed by atoms with Gasteiger partial charge in [-0.1, -0.05) is 12.2 Å². The molecule has 2 rings (SSSR count). The van der Waals surface area contributed by atoms with Crippen molar-refractivity contribution in [2.75, 3.05) is 6.61 Å². The highest BCUT2D eigenvalue weighted by atomic mass is 16.6. The van der Waals surface area contributed by atoms with E-state index in [-0.39, 0.29) is 17.7 Å². The SMILES string of the molecule is CCONC(=O)[C@H]1C2C=CC(C2)[C@H]1C(=O)O. The Balaban J connectivity index is 2.10. The molecule has 0 saturated heterocycles. The van der Waals surface area contributed by atoms with Crippen molar-refractivity contribution in [3.05, 3.63) is 12.2 Å². The van der Waals surface area contributed by atoms with Crippen LogP contribution in [0.25, 0.3) is 0 Å². The summed E-state index contributed by atoms with van der Waals surface area (Å²) in [5.41, 5.74) is 2.31. The van der Waals surface area contributed by atoms with Gasteiger partial charge in [-0.3, -0.25) is 14.4 Å². The topological polar surface area (TPSA) is 75.6 Å². The largest absolute Gasteiger partial charge is 0.481 e. The number of carbonyl (C=O) groups excluding carboxylic acids is 1. The quantitative estimate of drug-likeness (QED) is 0.542. The van der Waals surface area contributed by atoms with Crippen molar-refractivity contribution < 1.29 is 19.5 Å². The van der Waals surface area contributed by atoms with Gasteiger partial charge in [0.15, 0.2) is 0 Å². The van der Waals surface area contributed by atoms with Gasteiger partial charge < -0.3 is 5.11 Å². The van der Waals surface area contributed by atoms with E-state index in [9.17, 15) is 9.59 Å². The Kier molecular flexibility index (Phi) is 2.96. The van der Waals surface area contributed by atoms with Crippen LogP contribution in [-0.2, 0) is 14.4 Å². The summed E-state index contributed by atoms with van der Waals surface area (Å²) in [6.45, 7) is 2.13. The smallest absolute Gasteiger partial charge is 0.307 e. The van der Waals surface area contributed by atoms with Crippen molar-refractivity contribution in [3.8, 4) is 0 Å². The molecule has 1 amide bonds. The van der Waals surface area contributed by atoms with Gasteiger partial charge in [0.1, 0.15) is 0 Å². The Morgan fingerprint density at radius 1 is 1.38 bits per heavy atom. The van der Waals surface area contributed by atoms with Gasteiger partial charge >= 0.3 is 5.97 Å². The van der Waals surface area contributed by atoms with Crippen molar-refractivity contribution >= 4 is 11.9 Å². The van der Waals surface area contributed by atoms with E-state index in [1.165, 1.54) is 0 Å². The number of hydrogen-bond donors (Lipinski definition) is 2. The Hall–Kier alpha value is -1.36. The molecule has 4 atom stereocenters. The summed E-state index contributed by atoms with van der Waals surface area (Å²) in [6.07, 6.45) is 4.62. The number of fused-ring (bicyclic) bond motifs is 2. The summed E-state index contributed by atoms with van der Waals surface area (Å²) < 4.78 is 0. The van der Waals surface area contributed by atoms with E-state index >= 15 is 0 Å². The predicted molar refractivity (Wildman–Crippen MR) is 55.1 cm³/mol. The maximum absolute atomic E-state index is 11.8. The Bertz CT molecular complexity index is 339. The van der Waals surface area contributed by atoms with Gasteiger partial charge in [0, 0.05) is 0 Å². The molecule has 5 nitrogen and oxygen atoms in total. The average molecular weight is 225 g/mol. The first-order valence-corrected chi connectivity index (χ1v) is 5.48. The monoisotopic (exact) mass is 225 g/mol. The Morgan fingerprint density at radius 2 is 2.00 bits per heavy atom. The molecule has 2 unspecified atom stereocenters. The van der Waals surface area contributed by atoms with Gasteiger partial charge in [-0.05, 0) is 25.2 Å². The molecule has 2 bridgehead atoms. The molecule has 2 N–H and O–H groups in total. The van der Waals surface area contributed by atoms with Crippen LogP contribution in [0.15, 0.2) is 12.2 Å². The van der Waals surface area contributed by atoms with E-state index in [2.05, 4.69) is 5.48 Å². The van der Waals surface area contributed by atoms with Crippen molar-refractivity contribution in [3.63, 3.8) is 0 Å². The van der Waals surface area contributed by atoms with E-state index in [1.807, 2.05) is 12.2 Å². The minimum absolute atomic E-state index is 0.000114. The molecule has 0 aromatic carbocycles. The first-order valence-electron chi connectivity index (χ1n) is 5.48. The second kappa shape index (κ2) is 4.25. The van der Waals surface area contributed by atoms with Gasteiger partial charge in [0.05, 0.1) is 18.4 Å². The van der Waals surface area contributed by atoms with Crippen LogP contribution in [0.5, 0.6) is 0 Å². The summed E-state index contributed by atoms with van der Waals surface area (Å²) in [5.74, 6) is -2.25. The molecule has 0 aliphatic heterocycles. The average Bonchev–Trinajstić information content (AvgIpc) is 2.84. The van der Waals surface area contributed by atoms with Gasteiger partial charge in [-0.2, -0.15) is 0 Å². The van der Waals surface area contributed by atoms with E-state index in [0.29, 0.717) is 6.61 Å². The van der Waals surface area contributed by atoms with Crippen molar-refractivity contribution in [1.29, 1.82) is 0 Å². The lowest BCUT2D eigenvalue weighted by Crippen LogP contribution is -2.40. The van der Waals surface area contributed by atoms with Crippen LogP contribution in [0.2, 0.25) is 0 Å². The van der Waals surface area contributed by atoms with E-state index < -0.39 is 17.8 Å². The lowest BCUT2D eigenvalue weighted by atomic mass is 9.82. The number of hydrogen-bond acceptors (Lipinski definition) is 3. The van der Waals surface area contributed by atoms with E-state index in [0.717, 1.165) is 6.42 Å². The van der Waals surface area contributed by atoms with E-state index in [4.69, 9.17) is 9.94 Å². The standard InChI is InChI=1S/C11H15NO4/c1-2-16-12-10(13)8-6-3-4-7(5-6)9(8)11(14)15/h3-4,6-9H,2,5H2,1H3,(H,12,13)(H,14,15)/t6?,7?,8-,9+/m0/s1.